The van der Waals surface area contributed by atoms with E-state index in [0.29, 0.717) is 11.3 Å². The van der Waals surface area contributed by atoms with Crippen molar-refractivity contribution in [3.05, 3.63) is 39.4 Å². The molecule has 2 N–H and O–H groups in total. The number of ether oxygens (including phenoxy) is 1. The van der Waals surface area contributed by atoms with Crippen LogP contribution in [0.15, 0.2) is 29.1 Å². The second kappa shape index (κ2) is 6.16. The van der Waals surface area contributed by atoms with Crippen molar-refractivity contribution in [3.63, 3.8) is 0 Å². The van der Waals surface area contributed by atoms with Gasteiger partial charge >= 0.3 is 0 Å². The summed E-state index contributed by atoms with van der Waals surface area (Å²) in [7, 11) is 0. The quantitative estimate of drug-likeness (QED) is 0.699. The van der Waals surface area contributed by atoms with E-state index in [4.69, 9.17) is 17.0 Å². The van der Waals surface area contributed by atoms with Crippen LogP contribution in [0.3, 0.4) is 0 Å². The number of hydrogen-bond donors (Lipinski definition) is 2. The van der Waals surface area contributed by atoms with Crippen molar-refractivity contribution in [3.8, 4) is 0 Å². The fourth-order valence-corrected chi connectivity index (χ4v) is 4.48. The summed E-state index contributed by atoms with van der Waals surface area (Å²) in [6, 6.07) is 8.05. The number of H-pyrrole nitrogens is 1. The lowest BCUT2D eigenvalue weighted by atomic mass is 10.2. The van der Waals surface area contributed by atoms with Crippen molar-refractivity contribution in [2.24, 2.45) is 0 Å². The van der Waals surface area contributed by atoms with Crippen LogP contribution in [0.1, 0.15) is 0 Å². The molecule has 0 amide bonds. The second-order valence-corrected chi connectivity index (χ2v) is 7.24. The molecule has 0 bridgehead atoms. The molecular weight excluding hydrogens is 330 g/mol. The van der Waals surface area contributed by atoms with Crippen LogP contribution in [-0.4, -0.2) is 42.4 Å². The molecule has 1 aliphatic rings. The first-order chi connectivity index (χ1) is 11.2. The molecule has 120 valence electrons. The molecule has 3 heterocycles. The molecule has 3 aromatic rings. The number of morpholine rings is 1. The van der Waals surface area contributed by atoms with Gasteiger partial charge in [0.2, 0.25) is 0 Å². The topological polar surface area (TPSA) is 51.5 Å². The Kier molecular flexibility index (Phi) is 4.02. The second-order valence-electron chi connectivity index (χ2n) is 5.80. The third-order valence-corrected chi connectivity index (χ3v) is 5.88. The fraction of sp³-hybridized carbons (Fsp3) is 0.375. The molecule has 0 atom stereocenters. The van der Waals surface area contributed by atoms with Crippen LogP contribution in [0.25, 0.3) is 20.3 Å². The first-order valence-corrected chi connectivity index (χ1v) is 9.02. The lowest BCUT2D eigenvalue weighted by Crippen LogP contribution is -3.14. The SMILES string of the molecule is O=c1c2sc3ccccc3c2[nH]c(=S)n1CC[NH+]1CCOCC1. The predicted octanol–water partition coefficient (Wildman–Crippen LogP) is 1.19. The number of thiophene rings is 1. The molecule has 0 saturated carbocycles. The Morgan fingerprint density at radius 3 is 2.91 bits per heavy atom. The highest BCUT2D eigenvalue weighted by Gasteiger charge is 2.16. The lowest BCUT2D eigenvalue weighted by Gasteiger charge is -2.23. The maximum atomic E-state index is 12.8. The van der Waals surface area contributed by atoms with Gasteiger partial charge in [0, 0.05) is 10.1 Å². The molecule has 1 saturated heterocycles. The van der Waals surface area contributed by atoms with E-state index in [9.17, 15) is 4.79 Å². The van der Waals surface area contributed by atoms with Crippen molar-refractivity contribution >= 4 is 43.9 Å². The number of benzene rings is 1. The van der Waals surface area contributed by atoms with E-state index >= 15 is 0 Å². The zero-order valence-corrected chi connectivity index (χ0v) is 14.3. The van der Waals surface area contributed by atoms with Gasteiger partial charge in [-0.2, -0.15) is 0 Å². The van der Waals surface area contributed by atoms with E-state index in [1.54, 1.807) is 4.57 Å². The summed E-state index contributed by atoms with van der Waals surface area (Å²) in [5, 5.41) is 1.07. The summed E-state index contributed by atoms with van der Waals surface area (Å²) in [5.41, 5.74) is 0.896. The average Bonchev–Trinajstić information content (AvgIpc) is 2.95. The molecule has 1 aromatic carbocycles. The Morgan fingerprint density at radius 2 is 2.09 bits per heavy atom. The fourth-order valence-electron chi connectivity index (χ4n) is 3.09. The van der Waals surface area contributed by atoms with Crippen LogP contribution in [0, 0.1) is 4.77 Å². The Bertz CT molecular complexity index is 967. The van der Waals surface area contributed by atoms with Crippen molar-refractivity contribution in [2.75, 3.05) is 32.8 Å². The maximum absolute atomic E-state index is 12.8. The van der Waals surface area contributed by atoms with E-state index in [1.807, 2.05) is 24.3 Å². The van der Waals surface area contributed by atoms with Crippen LogP contribution in [0.5, 0.6) is 0 Å². The van der Waals surface area contributed by atoms with Crippen LogP contribution in [0.4, 0.5) is 0 Å². The van der Waals surface area contributed by atoms with Gasteiger partial charge in [-0.05, 0) is 18.3 Å². The Morgan fingerprint density at radius 1 is 1.30 bits per heavy atom. The lowest BCUT2D eigenvalue weighted by molar-refractivity contribution is -0.908. The maximum Gasteiger partial charge on any atom is 0.272 e. The van der Waals surface area contributed by atoms with Gasteiger partial charge in [-0.1, -0.05) is 18.2 Å². The number of nitrogens with one attached hydrogen (secondary N) is 2. The first kappa shape index (κ1) is 15.0. The number of hydrogen-bond acceptors (Lipinski definition) is 4. The molecule has 4 rings (SSSR count). The minimum Gasteiger partial charge on any atom is -0.370 e. The molecule has 2 aromatic heterocycles. The predicted molar refractivity (Wildman–Crippen MR) is 95.2 cm³/mol. The molecule has 0 spiro atoms. The smallest absolute Gasteiger partial charge is 0.272 e. The van der Waals surface area contributed by atoms with Crippen LogP contribution in [0.2, 0.25) is 0 Å². The first-order valence-electron chi connectivity index (χ1n) is 7.80. The van der Waals surface area contributed by atoms with Gasteiger partial charge in [-0.25, -0.2) is 0 Å². The van der Waals surface area contributed by atoms with E-state index in [2.05, 4.69) is 4.98 Å². The molecule has 5 nitrogen and oxygen atoms in total. The zero-order valence-electron chi connectivity index (χ0n) is 12.6. The molecule has 0 aliphatic carbocycles. The van der Waals surface area contributed by atoms with Gasteiger partial charge in [-0.15, -0.1) is 11.3 Å². The summed E-state index contributed by atoms with van der Waals surface area (Å²) < 4.78 is 9.47. The molecular formula is C16H18N3O2S2+. The number of rotatable bonds is 3. The largest absolute Gasteiger partial charge is 0.370 e. The normalized spacial score (nSPS) is 16.3. The highest BCUT2D eigenvalue weighted by Crippen LogP contribution is 2.29. The Labute approximate surface area is 142 Å². The minimum atomic E-state index is 0.0256. The van der Waals surface area contributed by atoms with E-state index in [1.165, 1.54) is 16.2 Å². The van der Waals surface area contributed by atoms with Crippen molar-refractivity contribution < 1.29 is 9.64 Å². The minimum absolute atomic E-state index is 0.0256. The summed E-state index contributed by atoms with van der Waals surface area (Å²) >= 11 is 6.98. The third-order valence-electron chi connectivity index (χ3n) is 4.40. The molecule has 1 fully saturated rings. The highest BCUT2D eigenvalue weighted by molar-refractivity contribution is 7.71. The standard InChI is InChI=1S/C16H17N3O2S2/c20-15-14-13(11-3-1-2-4-12(11)23-14)17-16(22)19(15)6-5-18-7-9-21-10-8-18/h1-4H,5-10H2,(H,17,22)/p+1. The molecule has 23 heavy (non-hydrogen) atoms. The van der Waals surface area contributed by atoms with Crippen molar-refractivity contribution in [1.82, 2.24) is 9.55 Å². The summed E-state index contributed by atoms with van der Waals surface area (Å²) in [6.45, 7) is 5.14. The van der Waals surface area contributed by atoms with Crippen molar-refractivity contribution in [2.45, 2.75) is 6.54 Å². The molecule has 0 unspecified atom stereocenters. The molecule has 7 heteroatoms. The van der Waals surface area contributed by atoms with E-state index in [0.717, 1.165) is 53.2 Å². The number of nitrogens with zero attached hydrogens (tertiary/aromatic N) is 1. The Hall–Kier alpha value is -1.54. The van der Waals surface area contributed by atoms with Crippen LogP contribution >= 0.6 is 23.6 Å². The number of aromatic amines is 1. The number of aromatic nitrogens is 2. The highest BCUT2D eigenvalue weighted by atomic mass is 32.1. The van der Waals surface area contributed by atoms with E-state index in [-0.39, 0.29) is 5.56 Å². The van der Waals surface area contributed by atoms with Gasteiger partial charge in [0.15, 0.2) is 4.77 Å². The van der Waals surface area contributed by atoms with Gasteiger partial charge in [-0.3, -0.25) is 9.36 Å². The number of quaternary nitrogens is 1. The summed E-state index contributed by atoms with van der Waals surface area (Å²) in [4.78, 5) is 17.6. The zero-order chi connectivity index (χ0) is 15.8. The van der Waals surface area contributed by atoms with Gasteiger partial charge in [0.25, 0.3) is 5.56 Å². The van der Waals surface area contributed by atoms with Gasteiger partial charge < -0.3 is 14.6 Å². The number of fused-ring (bicyclic) bond motifs is 3. The van der Waals surface area contributed by atoms with Crippen LogP contribution < -0.4 is 10.5 Å². The Balaban J connectivity index is 1.73. The van der Waals surface area contributed by atoms with Gasteiger partial charge in [0.05, 0.1) is 31.8 Å². The van der Waals surface area contributed by atoms with Crippen LogP contribution in [-0.2, 0) is 11.3 Å². The molecule has 0 radical (unpaired) electrons. The van der Waals surface area contributed by atoms with E-state index < -0.39 is 0 Å². The molecule has 1 aliphatic heterocycles. The summed E-state index contributed by atoms with van der Waals surface area (Å²) in [5.74, 6) is 0. The summed E-state index contributed by atoms with van der Waals surface area (Å²) in [6.07, 6.45) is 0. The van der Waals surface area contributed by atoms with Gasteiger partial charge in [0.1, 0.15) is 17.8 Å². The average molecular weight is 348 g/mol. The third kappa shape index (κ3) is 2.74. The van der Waals surface area contributed by atoms with Crippen molar-refractivity contribution in [1.29, 1.82) is 0 Å². The monoisotopic (exact) mass is 348 g/mol.